The van der Waals surface area contributed by atoms with Gasteiger partial charge in [-0.05, 0) is 75.6 Å². The summed E-state index contributed by atoms with van der Waals surface area (Å²) in [6.45, 7) is 6.87. The number of rotatable bonds is 9. The van der Waals surface area contributed by atoms with Gasteiger partial charge in [-0.25, -0.2) is 0 Å². The molecular weight excluding hydrogens is 594 g/mol. The third kappa shape index (κ3) is 7.08. The van der Waals surface area contributed by atoms with Gasteiger partial charge in [0, 0.05) is 45.2 Å². The summed E-state index contributed by atoms with van der Waals surface area (Å²) >= 11 is 7.87. The molecule has 1 aliphatic heterocycles. The maximum atomic E-state index is 13.1. The van der Waals surface area contributed by atoms with Crippen molar-refractivity contribution in [1.82, 2.24) is 20.1 Å². The number of fused-ring (bicyclic) bond motifs is 3. The van der Waals surface area contributed by atoms with Crippen LogP contribution in [0.5, 0.6) is 0 Å². The Labute approximate surface area is 265 Å². The van der Waals surface area contributed by atoms with Gasteiger partial charge in [-0.2, -0.15) is 0 Å². The van der Waals surface area contributed by atoms with Crippen molar-refractivity contribution in [3.63, 3.8) is 0 Å². The number of aliphatic imine (C=N–C) groups is 1. The number of carbonyl (C=O) groups is 2. The first-order valence-electron chi connectivity index (χ1n) is 14.5. The van der Waals surface area contributed by atoms with Crippen LogP contribution >= 0.6 is 22.9 Å². The Kier molecular flexibility index (Phi) is 9.90. The van der Waals surface area contributed by atoms with Gasteiger partial charge in [-0.3, -0.25) is 19.1 Å². The smallest absolute Gasteiger partial charge is 0.224 e. The molecule has 3 heterocycles. The third-order valence-electron chi connectivity index (χ3n) is 7.39. The number of hydrogen-bond acceptors (Lipinski definition) is 7. The van der Waals surface area contributed by atoms with Crippen LogP contribution in [0.1, 0.15) is 70.5 Å². The predicted octanol–water partition coefficient (Wildman–Crippen LogP) is 5.43. The van der Waals surface area contributed by atoms with Gasteiger partial charge in [0.2, 0.25) is 11.8 Å². The number of aromatic nitrogens is 3. The lowest BCUT2D eigenvalue weighted by atomic mass is 9.99. The molecule has 0 saturated heterocycles. The monoisotopic (exact) mass is 627 g/mol. The van der Waals surface area contributed by atoms with Crippen LogP contribution in [-0.2, 0) is 9.59 Å². The molecule has 9 nitrogen and oxygen atoms in total. The van der Waals surface area contributed by atoms with Crippen molar-refractivity contribution in [3.8, 4) is 16.8 Å². The van der Waals surface area contributed by atoms with Crippen LogP contribution in [0.25, 0.3) is 5.00 Å². The molecule has 1 aliphatic rings. The molecule has 2 amide bonds. The van der Waals surface area contributed by atoms with E-state index in [0.29, 0.717) is 48.9 Å². The highest BCUT2D eigenvalue weighted by atomic mass is 35.5. The maximum absolute atomic E-state index is 13.1. The number of aryl methyl sites for hydroxylation is 2. The first kappa shape index (κ1) is 31.1. The van der Waals surface area contributed by atoms with Crippen LogP contribution in [0.4, 0.5) is 5.69 Å². The predicted molar refractivity (Wildman–Crippen MR) is 176 cm³/mol. The number of nitrogens with two attached hydrogens (primary N) is 1. The second-order valence-corrected chi connectivity index (χ2v) is 12.2. The largest absolute Gasteiger partial charge is 0.356 e. The number of unbranched alkanes of at least 4 members (excludes halogenated alkanes) is 1. The molecule has 1 atom stereocenters. The summed E-state index contributed by atoms with van der Waals surface area (Å²) in [5.41, 5.74) is 10.9. The lowest BCUT2D eigenvalue weighted by Crippen LogP contribution is -2.26. The summed E-state index contributed by atoms with van der Waals surface area (Å²) in [5.74, 6) is 6.93. The van der Waals surface area contributed by atoms with E-state index in [1.54, 1.807) is 11.3 Å². The van der Waals surface area contributed by atoms with E-state index in [-0.39, 0.29) is 18.2 Å². The summed E-state index contributed by atoms with van der Waals surface area (Å²) in [6, 6.07) is 14.4. The molecule has 1 unspecified atom stereocenters. The Morgan fingerprint density at radius 2 is 1.77 bits per heavy atom. The summed E-state index contributed by atoms with van der Waals surface area (Å²) in [4.78, 5) is 31.9. The Bertz CT molecular complexity index is 1760. The van der Waals surface area contributed by atoms with E-state index >= 15 is 0 Å². The Balaban J connectivity index is 1.21. The van der Waals surface area contributed by atoms with Crippen molar-refractivity contribution in [1.29, 1.82) is 0 Å². The Hall–Kier alpha value is -4.30. The zero-order chi connectivity index (χ0) is 31.2. The van der Waals surface area contributed by atoms with Crippen molar-refractivity contribution < 1.29 is 9.59 Å². The lowest BCUT2D eigenvalue weighted by Gasteiger charge is -2.13. The fourth-order valence-electron chi connectivity index (χ4n) is 5.03. The van der Waals surface area contributed by atoms with Crippen LogP contribution in [0.3, 0.4) is 0 Å². The molecule has 4 aromatic rings. The summed E-state index contributed by atoms with van der Waals surface area (Å²) in [7, 11) is 0. The van der Waals surface area contributed by atoms with E-state index in [1.165, 1.54) is 4.88 Å². The van der Waals surface area contributed by atoms with E-state index < -0.39 is 6.04 Å². The minimum Gasteiger partial charge on any atom is -0.356 e. The minimum atomic E-state index is -0.528. The van der Waals surface area contributed by atoms with Crippen LogP contribution in [0.15, 0.2) is 53.5 Å². The van der Waals surface area contributed by atoms with Gasteiger partial charge in [0.25, 0.3) is 0 Å². The number of nitrogens with zero attached hydrogens (tertiary/aromatic N) is 4. The first-order valence-corrected chi connectivity index (χ1v) is 15.7. The fraction of sp³-hybridized carbons (Fsp3) is 0.303. The lowest BCUT2D eigenvalue weighted by molar-refractivity contribution is -0.121. The highest BCUT2D eigenvalue weighted by Crippen LogP contribution is 2.39. The first-order chi connectivity index (χ1) is 21.2. The van der Waals surface area contributed by atoms with Gasteiger partial charge in [-0.15, -0.1) is 21.5 Å². The molecule has 0 radical (unpaired) electrons. The summed E-state index contributed by atoms with van der Waals surface area (Å²) in [5, 5.41) is 16.4. The van der Waals surface area contributed by atoms with Gasteiger partial charge >= 0.3 is 0 Å². The van der Waals surface area contributed by atoms with Crippen molar-refractivity contribution in [2.45, 2.75) is 52.5 Å². The second-order valence-electron chi connectivity index (χ2n) is 10.5. The van der Waals surface area contributed by atoms with Crippen molar-refractivity contribution >= 4 is 46.2 Å². The molecular formula is C33H34ClN7O2S. The zero-order valence-corrected chi connectivity index (χ0v) is 26.5. The van der Waals surface area contributed by atoms with Gasteiger partial charge in [0.1, 0.15) is 16.9 Å². The normalized spacial score (nSPS) is 13.6. The van der Waals surface area contributed by atoms with Gasteiger partial charge in [-0.1, -0.05) is 35.6 Å². The molecule has 2 aromatic carbocycles. The van der Waals surface area contributed by atoms with Crippen molar-refractivity contribution in [3.05, 3.63) is 92.3 Å². The quantitative estimate of drug-likeness (QED) is 0.169. The molecule has 0 fully saturated rings. The van der Waals surface area contributed by atoms with Crippen LogP contribution in [0, 0.1) is 32.6 Å². The molecule has 0 spiro atoms. The fourth-order valence-corrected chi connectivity index (χ4v) is 6.37. The van der Waals surface area contributed by atoms with E-state index in [1.807, 2.05) is 60.0 Å². The maximum Gasteiger partial charge on any atom is 0.224 e. The molecule has 0 bridgehead atoms. The Morgan fingerprint density at radius 3 is 2.50 bits per heavy atom. The molecule has 11 heteroatoms. The van der Waals surface area contributed by atoms with Crippen molar-refractivity contribution in [2.24, 2.45) is 10.7 Å². The van der Waals surface area contributed by atoms with E-state index in [0.717, 1.165) is 38.8 Å². The highest BCUT2D eigenvalue weighted by molar-refractivity contribution is 7.15. The summed E-state index contributed by atoms with van der Waals surface area (Å²) < 4.78 is 2.03. The molecule has 0 aliphatic carbocycles. The number of amides is 2. The average molecular weight is 628 g/mol. The number of nitrogens with one attached hydrogen (secondary N) is 2. The Morgan fingerprint density at radius 1 is 1.02 bits per heavy atom. The average Bonchev–Trinajstić information content (AvgIpc) is 3.48. The SMILES string of the molecule is Cc1sc2c(c1C)C(c1ccc(Cl)cc1)=NC(CC(=O)NCCCCC(=O)Nc1ccc(C#CCN)cc1)c1nnc(C)n1-2. The van der Waals surface area contributed by atoms with Gasteiger partial charge < -0.3 is 16.4 Å². The van der Waals surface area contributed by atoms with Crippen LogP contribution in [0.2, 0.25) is 5.02 Å². The molecule has 0 saturated carbocycles. The molecule has 4 N–H and O–H groups in total. The number of halogens is 1. The molecule has 5 rings (SSSR count). The van der Waals surface area contributed by atoms with E-state index in [4.69, 9.17) is 22.3 Å². The standard InChI is InChI=1S/C33H34ClN7O2S/c1-20-21(2)44-33-30(20)31(24-11-13-25(34)14-12-24)38-27(32-40-39-22(3)41(32)33)19-29(43)36-18-5-4-8-28(42)37-26-15-9-23(10-16-26)7-6-17-35/h9-16,27H,4-5,8,17-19,35H2,1-3H3,(H,36,43)(H,37,42). The minimum absolute atomic E-state index is 0.0765. The summed E-state index contributed by atoms with van der Waals surface area (Å²) in [6.07, 6.45) is 1.78. The van der Waals surface area contributed by atoms with Gasteiger partial charge in [0.15, 0.2) is 5.82 Å². The number of thiophene rings is 1. The number of benzene rings is 2. The van der Waals surface area contributed by atoms with Gasteiger partial charge in [0.05, 0.1) is 18.7 Å². The second kappa shape index (κ2) is 14.0. The number of carbonyl (C=O) groups excluding carboxylic acids is 2. The number of hydrogen-bond donors (Lipinski definition) is 3. The third-order valence-corrected chi connectivity index (χ3v) is 8.84. The van der Waals surface area contributed by atoms with Crippen molar-refractivity contribution in [2.75, 3.05) is 18.4 Å². The van der Waals surface area contributed by atoms with Crippen LogP contribution < -0.4 is 16.4 Å². The van der Waals surface area contributed by atoms with E-state index in [2.05, 4.69) is 46.5 Å². The zero-order valence-electron chi connectivity index (χ0n) is 24.9. The molecule has 44 heavy (non-hydrogen) atoms. The van der Waals surface area contributed by atoms with E-state index in [9.17, 15) is 9.59 Å². The highest BCUT2D eigenvalue weighted by Gasteiger charge is 2.32. The molecule has 2 aromatic heterocycles. The topological polar surface area (TPSA) is 127 Å². The number of anilines is 1. The van der Waals surface area contributed by atoms with Crippen LogP contribution in [-0.4, -0.2) is 45.4 Å². The molecule has 226 valence electrons.